The van der Waals surface area contributed by atoms with Crippen LogP contribution in [-0.4, -0.2) is 29.5 Å². The maximum absolute atomic E-state index is 8.44. The molecular formula is C3H8NNaO4. The molecule has 0 heterocycles. The molecule has 5 nitrogen and oxygen atoms in total. The minimum atomic E-state index is -2.08. The van der Waals surface area contributed by atoms with Crippen LogP contribution in [0.5, 0.6) is 0 Å². The van der Waals surface area contributed by atoms with Crippen LogP contribution in [0, 0.1) is 0 Å². The fourth-order valence-electron chi connectivity index (χ4n) is 0. The number of aliphatic hydroxyl groups is 1. The first-order chi connectivity index (χ1) is 3.65. The van der Waals surface area contributed by atoms with E-state index in [-0.39, 0.29) is 36.2 Å². The number of aliphatic hydroxyl groups excluding tert-OH is 1. The van der Waals surface area contributed by atoms with Crippen molar-refractivity contribution in [3.8, 4) is 0 Å². The molecule has 0 rings (SSSR count). The van der Waals surface area contributed by atoms with Gasteiger partial charge in [-0.15, -0.1) is 0 Å². The molecule has 0 aliphatic rings. The van der Waals surface area contributed by atoms with E-state index in [1.807, 2.05) is 0 Å². The average Bonchev–Trinajstić information content (AvgIpc) is 1.65. The first-order valence-electron chi connectivity index (χ1n) is 1.86. The molecule has 0 aliphatic carbocycles. The molecule has 0 aromatic carbocycles. The van der Waals surface area contributed by atoms with Gasteiger partial charge in [0.15, 0.2) is 0 Å². The van der Waals surface area contributed by atoms with Gasteiger partial charge in [-0.3, -0.25) is 0 Å². The van der Waals surface area contributed by atoms with Gasteiger partial charge >= 0.3 is 29.6 Å². The zero-order valence-electron chi connectivity index (χ0n) is 5.20. The Balaban J connectivity index is -0.0000000720. The summed E-state index contributed by atoms with van der Waals surface area (Å²) in [5.74, 6) is 0. The molecule has 0 saturated heterocycles. The van der Waals surface area contributed by atoms with Gasteiger partial charge in [-0.25, -0.2) is 0 Å². The van der Waals surface area contributed by atoms with Crippen LogP contribution in [0.2, 0.25) is 0 Å². The molecule has 0 atom stereocenters. The molecule has 0 fully saturated rings. The summed E-state index contributed by atoms with van der Waals surface area (Å²) < 4.78 is 0. The van der Waals surface area contributed by atoms with E-state index in [1.54, 1.807) is 0 Å². The normalized spacial score (nSPS) is 6.00. The van der Waals surface area contributed by atoms with Gasteiger partial charge < -0.3 is 25.8 Å². The van der Waals surface area contributed by atoms with Gasteiger partial charge in [0.25, 0.3) is 0 Å². The Morgan fingerprint density at radius 2 is 1.78 bits per heavy atom. The van der Waals surface area contributed by atoms with E-state index in [0.29, 0.717) is 6.54 Å². The first-order valence-corrected chi connectivity index (χ1v) is 1.86. The molecule has 0 saturated carbocycles. The Bertz CT molecular complexity index is 53.8. The second kappa shape index (κ2) is 15.7. The third-order valence-electron chi connectivity index (χ3n) is 0.129. The van der Waals surface area contributed by atoms with E-state index in [1.165, 1.54) is 0 Å². The second-order valence-electron chi connectivity index (χ2n) is 0.778. The molecule has 0 aliphatic heterocycles. The first kappa shape index (κ1) is 16.1. The van der Waals surface area contributed by atoms with Gasteiger partial charge in [-0.1, -0.05) is 0 Å². The van der Waals surface area contributed by atoms with Crippen LogP contribution in [0.4, 0.5) is 4.79 Å². The van der Waals surface area contributed by atoms with E-state index >= 15 is 0 Å². The van der Waals surface area contributed by atoms with Crippen LogP contribution in [0.1, 0.15) is 0 Å². The van der Waals surface area contributed by atoms with E-state index in [9.17, 15) is 0 Å². The Morgan fingerprint density at radius 1 is 1.67 bits per heavy atom. The number of hydrogen-bond acceptors (Lipinski definition) is 4. The molecule has 50 valence electrons. The average molecular weight is 145 g/mol. The predicted molar refractivity (Wildman–Crippen MR) is 24.2 cm³/mol. The van der Waals surface area contributed by atoms with Crippen LogP contribution in [0.25, 0.3) is 0 Å². The molecule has 0 aromatic rings. The Hall–Kier alpha value is 0.190. The summed E-state index contributed by atoms with van der Waals surface area (Å²) in [5, 5.41) is 23.1. The summed E-state index contributed by atoms with van der Waals surface area (Å²) in [6, 6.07) is 0. The fraction of sp³-hybridized carbons (Fsp3) is 0.667. The van der Waals surface area contributed by atoms with Crippen molar-refractivity contribution in [3.63, 3.8) is 0 Å². The summed E-state index contributed by atoms with van der Waals surface area (Å²) in [7, 11) is 0. The van der Waals surface area contributed by atoms with Crippen LogP contribution in [0.3, 0.4) is 0 Å². The number of hydrogen-bond donors (Lipinski definition) is 3. The predicted octanol–water partition coefficient (Wildman–Crippen LogP) is -5.17. The van der Waals surface area contributed by atoms with Gasteiger partial charge in [0, 0.05) is 6.54 Å². The SMILES string of the molecule is NCCO.O=C([O-])O.[Na+]. The minimum Gasteiger partial charge on any atom is -0.565 e. The van der Waals surface area contributed by atoms with Crippen molar-refractivity contribution in [1.82, 2.24) is 0 Å². The van der Waals surface area contributed by atoms with E-state index in [4.69, 9.17) is 25.8 Å². The molecule has 6 heteroatoms. The molecule has 4 N–H and O–H groups in total. The quantitative estimate of drug-likeness (QED) is 0.320. The summed E-state index contributed by atoms with van der Waals surface area (Å²) in [6.07, 6.45) is -2.08. The van der Waals surface area contributed by atoms with Crippen molar-refractivity contribution in [2.24, 2.45) is 5.73 Å². The smallest absolute Gasteiger partial charge is 0.565 e. The third-order valence-corrected chi connectivity index (χ3v) is 0.129. The molecule has 0 aromatic heterocycles. The molecule has 0 amide bonds. The molecule has 9 heavy (non-hydrogen) atoms. The van der Waals surface area contributed by atoms with Crippen LogP contribution in [0.15, 0.2) is 0 Å². The zero-order chi connectivity index (χ0) is 6.99. The topological polar surface area (TPSA) is 107 Å². The maximum atomic E-state index is 8.44. The van der Waals surface area contributed by atoms with Gasteiger partial charge in [0.05, 0.1) is 6.61 Å². The Morgan fingerprint density at radius 3 is 1.78 bits per heavy atom. The minimum absolute atomic E-state index is 0. The van der Waals surface area contributed by atoms with Gasteiger partial charge in [0.2, 0.25) is 6.16 Å². The zero-order valence-corrected chi connectivity index (χ0v) is 7.20. The van der Waals surface area contributed by atoms with Crippen molar-refractivity contribution in [3.05, 3.63) is 0 Å². The molecule has 0 unspecified atom stereocenters. The van der Waals surface area contributed by atoms with Crippen molar-refractivity contribution in [1.29, 1.82) is 0 Å². The van der Waals surface area contributed by atoms with E-state index in [0.717, 1.165) is 0 Å². The van der Waals surface area contributed by atoms with Crippen LogP contribution in [-0.2, 0) is 0 Å². The summed E-state index contributed by atoms with van der Waals surface area (Å²) >= 11 is 0. The van der Waals surface area contributed by atoms with Gasteiger partial charge in [-0.05, 0) is 0 Å². The number of nitrogens with two attached hydrogens (primary N) is 1. The Kier molecular flexibility index (Phi) is 28.1. The molecule has 0 bridgehead atoms. The molecule has 0 spiro atoms. The summed E-state index contributed by atoms with van der Waals surface area (Å²) in [6.45, 7) is 0.472. The van der Waals surface area contributed by atoms with Crippen molar-refractivity contribution >= 4 is 6.16 Å². The summed E-state index contributed by atoms with van der Waals surface area (Å²) in [5.41, 5.74) is 4.78. The monoisotopic (exact) mass is 145 g/mol. The van der Waals surface area contributed by atoms with E-state index < -0.39 is 6.16 Å². The maximum Gasteiger partial charge on any atom is 1.00 e. The van der Waals surface area contributed by atoms with Gasteiger partial charge in [-0.2, -0.15) is 0 Å². The fourth-order valence-corrected chi connectivity index (χ4v) is 0. The standard InChI is InChI=1S/C2H7NO.CH2O3.Na/c3-1-2-4;2-1(3)4;/h4H,1-3H2;(H2,2,3,4);/q;;+1/p-1. The van der Waals surface area contributed by atoms with Crippen LogP contribution < -0.4 is 40.4 Å². The number of carboxylic acid groups (broad SMARTS) is 2. The van der Waals surface area contributed by atoms with Crippen molar-refractivity contribution in [2.45, 2.75) is 0 Å². The number of rotatable bonds is 1. The van der Waals surface area contributed by atoms with E-state index in [2.05, 4.69) is 0 Å². The largest absolute Gasteiger partial charge is 1.00 e. The second-order valence-corrected chi connectivity index (χ2v) is 0.778. The molecular weight excluding hydrogens is 137 g/mol. The summed E-state index contributed by atoms with van der Waals surface area (Å²) in [4.78, 5) is 8.44. The Labute approximate surface area is 74.8 Å². The molecule has 0 radical (unpaired) electrons. The van der Waals surface area contributed by atoms with Crippen molar-refractivity contribution in [2.75, 3.05) is 13.2 Å². The third kappa shape index (κ3) is 222. The van der Waals surface area contributed by atoms with Crippen LogP contribution >= 0.6 is 0 Å². The van der Waals surface area contributed by atoms with Gasteiger partial charge in [0.1, 0.15) is 0 Å². The van der Waals surface area contributed by atoms with Crippen molar-refractivity contribution < 1.29 is 49.7 Å². The number of carbonyl (C=O) groups is 1.